The summed E-state index contributed by atoms with van der Waals surface area (Å²) >= 11 is 1.92. The van der Waals surface area contributed by atoms with Gasteiger partial charge in [-0.25, -0.2) is 36.1 Å². The molecule has 1 fully saturated rings. The van der Waals surface area contributed by atoms with Crippen LogP contribution in [-0.2, 0) is 49.2 Å². The maximum absolute atomic E-state index is 15.4. The molecule has 0 spiro atoms. The van der Waals surface area contributed by atoms with E-state index < -0.39 is 59.7 Å². The van der Waals surface area contributed by atoms with Crippen molar-refractivity contribution in [1.29, 1.82) is 0 Å². The molecular formula is C41H46IN7O10S2. The van der Waals surface area contributed by atoms with Gasteiger partial charge in [-0.3, -0.25) is 0 Å². The average molecular weight is 988 g/mol. The van der Waals surface area contributed by atoms with Crippen LogP contribution in [0.2, 0.25) is 0 Å². The Hall–Kier alpha value is -5.16. The highest BCUT2D eigenvalue weighted by molar-refractivity contribution is 14.1. The highest BCUT2D eigenvalue weighted by atomic mass is 127. The number of carbonyl (C=O) groups is 2. The zero-order valence-electron chi connectivity index (χ0n) is 34.1. The Morgan fingerprint density at radius 2 is 1.41 bits per heavy atom. The normalized spacial score (nSPS) is 16.6. The third-order valence-electron chi connectivity index (χ3n) is 9.46. The van der Waals surface area contributed by atoms with E-state index in [0.29, 0.717) is 26.2 Å². The molecule has 0 aliphatic carbocycles. The minimum Gasteiger partial charge on any atom is -0.497 e. The molecule has 2 amide bonds. The van der Waals surface area contributed by atoms with Crippen LogP contribution in [0.1, 0.15) is 43.0 Å². The Morgan fingerprint density at radius 1 is 0.820 bits per heavy atom. The molecule has 61 heavy (non-hydrogen) atoms. The molecule has 0 aromatic heterocycles. The number of halogens is 1. The van der Waals surface area contributed by atoms with Gasteiger partial charge in [-0.15, -0.1) is 5.11 Å². The van der Waals surface area contributed by atoms with Crippen molar-refractivity contribution in [2.24, 2.45) is 15.2 Å². The average Bonchev–Trinajstić information content (AvgIpc) is 3.90. The number of benzene rings is 4. The number of methoxy groups -OCH3 is 2. The van der Waals surface area contributed by atoms with Gasteiger partial charge in [0.05, 0.1) is 31.9 Å². The lowest BCUT2D eigenvalue weighted by Crippen LogP contribution is -2.51. The SMILES string of the molecule is COc1ccc(CN(Cc2ccc(OC)cc2)S(=O)(=O)c2c(S(=O)(=O)N[C@@H]3CN(C(=O)OC(C)(C)C)C[C@@H]3NC(=O)OCc3ccccc3)ccc(I)c2C2=NCN=N2)cc1. The summed E-state index contributed by atoms with van der Waals surface area (Å²) in [6.07, 6.45) is -1.60. The van der Waals surface area contributed by atoms with Gasteiger partial charge in [0.1, 0.15) is 33.5 Å². The lowest BCUT2D eigenvalue weighted by Gasteiger charge is -2.27. The molecule has 20 heteroatoms. The van der Waals surface area contributed by atoms with Crippen molar-refractivity contribution in [1.82, 2.24) is 19.2 Å². The first-order valence-electron chi connectivity index (χ1n) is 19.0. The summed E-state index contributed by atoms with van der Waals surface area (Å²) in [6, 6.07) is 23.1. The first-order chi connectivity index (χ1) is 29.0. The fraction of sp³-hybridized carbons (Fsp3) is 0.341. The van der Waals surface area contributed by atoms with Gasteiger partial charge in [0, 0.05) is 29.7 Å². The molecule has 6 rings (SSSR count). The number of aliphatic imine (C=N–C) groups is 1. The van der Waals surface area contributed by atoms with Crippen LogP contribution >= 0.6 is 22.6 Å². The molecule has 0 radical (unpaired) electrons. The Bertz CT molecular complexity index is 2450. The first kappa shape index (κ1) is 45.4. The number of amides is 2. The van der Waals surface area contributed by atoms with Gasteiger partial charge in [0.25, 0.3) is 0 Å². The quantitative estimate of drug-likeness (QED) is 0.132. The van der Waals surface area contributed by atoms with Gasteiger partial charge >= 0.3 is 12.2 Å². The number of nitrogens with one attached hydrogen (secondary N) is 2. The third-order valence-corrected chi connectivity index (χ3v) is 13.9. The van der Waals surface area contributed by atoms with Crippen LogP contribution in [-0.4, -0.2) is 95.7 Å². The third kappa shape index (κ3) is 11.4. The van der Waals surface area contributed by atoms with Crippen LogP contribution in [0.3, 0.4) is 0 Å². The van der Waals surface area contributed by atoms with E-state index in [1.54, 1.807) is 93.6 Å². The lowest BCUT2D eigenvalue weighted by molar-refractivity contribution is 0.0287. The Morgan fingerprint density at radius 3 is 1.95 bits per heavy atom. The number of alkyl carbamates (subject to hydrolysis) is 1. The van der Waals surface area contributed by atoms with E-state index in [4.69, 9.17) is 18.9 Å². The summed E-state index contributed by atoms with van der Waals surface area (Å²) in [5.41, 5.74) is 0.967. The minimum absolute atomic E-state index is 0.0554. The second kappa shape index (κ2) is 19.3. The topological polar surface area (TPSA) is 207 Å². The van der Waals surface area contributed by atoms with Crippen molar-refractivity contribution in [3.63, 3.8) is 0 Å². The number of hydrogen-bond donors (Lipinski definition) is 2. The molecule has 2 aliphatic heterocycles. The molecule has 2 aliphatic rings. The van der Waals surface area contributed by atoms with Crippen molar-refractivity contribution in [2.75, 3.05) is 34.0 Å². The molecule has 4 aromatic rings. The van der Waals surface area contributed by atoms with Crippen LogP contribution in [0.4, 0.5) is 9.59 Å². The largest absolute Gasteiger partial charge is 0.497 e. The van der Waals surface area contributed by atoms with Crippen molar-refractivity contribution < 1.29 is 45.4 Å². The smallest absolute Gasteiger partial charge is 0.410 e. The summed E-state index contributed by atoms with van der Waals surface area (Å²) in [5.74, 6) is 1.06. The van der Waals surface area contributed by atoms with Crippen LogP contribution < -0.4 is 19.5 Å². The summed E-state index contributed by atoms with van der Waals surface area (Å²) in [7, 11) is -6.57. The zero-order chi connectivity index (χ0) is 44.0. The van der Waals surface area contributed by atoms with Gasteiger partial charge in [0.15, 0.2) is 12.5 Å². The highest BCUT2D eigenvalue weighted by Gasteiger charge is 2.43. The maximum Gasteiger partial charge on any atom is 0.410 e. The van der Waals surface area contributed by atoms with Gasteiger partial charge in [-0.2, -0.15) is 9.42 Å². The highest BCUT2D eigenvalue weighted by Crippen LogP contribution is 2.35. The second-order valence-corrected chi connectivity index (χ2v) is 19.7. The number of hydrogen-bond acceptors (Lipinski definition) is 13. The van der Waals surface area contributed by atoms with E-state index in [0.717, 1.165) is 5.56 Å². The molecule has 0 saturated carbocycles. The lowest BCUT2D eigenvalue weighted by atomic mass is 10.2. The van der Waals surface area contributed by atoms with Crippen LogP contribution in [0, 0.1) is 3.57 Å². The van der Waals surface area contributed by atoms with Gasteiger partial charge in [-0.05, 0) is 96.5 Å². The predicted octanol–water partition coefficient (Wildman–Crippen LogP) is 6.06. The zero-order valence-corrected chi connectivity index (χ0v) is 37.9. The van der Waals surface area contributed by atoms with E-state index in [9.17, 15) is 18.0 Å². The number of likely N-dealkylation sites (tertiary alicyclic amines) is 1. The second-order valence-electron chi connectivity index (χ2n) is 15.0. The monoisotopic (exact) mass is 987 g/mol. The molecule has 2 atom stereocenters. The summed E-state index contributed by atoms with van der Waals surface area (Å²) in [4.78, 5) is 30.8. The Balaban J connectivity index is 1.41. The van der Waals surface area contributed by atoms with Crippen LogP contribution in [0.25, 0.3) is 0 Å². The maximum atomic E-state index is 15.4. The molecule has 17 nitrogen and oxygen atoms in total. The molecule has 324 valence electrons. The number of sulfonamides is 2. The Labute approximate surface area is 368 Å². The summed E-state index contributed by atoms with van der Waals surface area (Å²) in [6.45, 7) is 4.18. The van der Waals surface area contributed by atoms with E-state index in [-0.39, 0.29) is 50.9 Å². The summed E-state index contributed by atoms with van der Waals surface area (Å²) < 4.78 is 86.3. The van der Waals surface area contributed by atoms with Crippen molar-refractivity contribution >= 4 is 60.7 Å². The van der Waals surface area contributed by atoms with E-state index in [1.807, 2.05) is 28.7 Å². The van der Waals surface area contributed by atoms with E-state index in [1.165, 1.54) is 35.6 Å². The van der Waals surface area contributed by atoms with E-state index >= 15 is 8.42 Å². The number of rotatable bonds is 15. The number of ether oxygens (including phenoxy) is 4. The fourth-order valence-corrected chi connectivity index (χ4v) is 11.1. The van der Waals surface area contributed by atoms with Gasteiger partial charge in [-0.1, -0.05) is 54.6 Å². The van der Waals surface area contributed by atoms with E-state index in [2.05, 4.69) is 25.3 Å². The molecule has 0 bridgehead atoms. The van der Waals surface area contributed by atoms with Gasteiger partial charge in [0.2, 0.25) is 20.0 Å². The van der Waals surface area contributed by atoms with Crippen molar-refractivity contribution in [3.8, 4) is 11.5 Å². The molecular weight excluding hydrogens is 942 g/mol. The number of carbonyl (C=O) groups excluding carboxylic acids is 2. The minimum atomic E-state index is -4.82. The number of azo groups is 1. The standard InChI is InChI=1S/C41H46IN7O10S2/c1-41(2,3)59-40(51)48-23-33(45-39(50)58-25-29-9-7-6-8-10-29)34(24-48)47-60(52,53)35-20-19-32(42)36(38-43-26-44-46-38)37(35)61(54,55)49(21-27-11-15-30(56-4)16-12-27)22-28-13-17-31(57-5)18-14-28/h6-20,33-34,47H,21-26H2,1-5H3,(H,45,50)/t33-,34+/m0/s1. The molecule has 2 N–H and O–H groups in total. The number of amidine groups is 1. The van der Waals surface area contributed by atoms with Crippen LogP contribution in [0.5, 0.6) is 11.5 Å². The molecule has 2 heterocycles. The first-order valence-corrected chi connectivity index (χ1v) is 23.0. The van der Waals surface area contributed by atoms with Crippen molar-refractivity contribution in [3.05, 3.63) is 117 Å². The number of nitrogens with zero attached hydrogens (tertiary/aromatic N) is 5. The van der Waals surface area contributed by atoms with Crippen LogP contribution in [0.15, 0.2) is 116 Å². The fourth-order valence-electron chi connectivity index (χ4n) is 6.52. The van der Waals surface area contributed by atoms with Crippen molar-refractivity contribution in [2.45, 2.75) is 67.9 Å². The molecule has 0 unspecified atom stereocenters. The predicted molar refractivity (Wildman–Crippen MR) is 233 cm³/mol. The molecule has 4 aromatic carbocycles. The van der Waals surface area contributed by atoms with Gasteiger partial charge < -0.3 is 29.2 Å². The summed E-state index contributed by atoms with van der Waals surface area (Å²) in [5, 5.41) is 10.7. The Kier molecular flexibility index (Phi) is 14.3. The molecule has 1 saturated heterocycles.